The first-order valence-electron chi connectivity index (χ1n) is 6.17. The quantitative estimate of drug-likeness (QED) is 0.479. The third-order valence-corrected chi connectivity index (χ3v) is 2.88. The molecule has 2 rings (SSSR count). The van der Waals surface area contributed by atoms with Gasteiger partial charge in [0.1, 0.15) is 24.0 Å². The summed E-state index contributed by atoms with van der Waals surface area (Å²) < 4.78 is 5.37. The van der Waals surface area contributed by atoms with Crippen LogP contribution in [0.25, 0.3) is 0 Å². The van der Waals surface area contributed by atoms with Gasteiger partial charge >= 0.3 is 0 Å². The van der Waals surface area contributed by atoms with E-state index in [4.69, 9.17) is 10.6 Å². The fourth-order valence-electron chi connectivity index (χ4n) is 1.97. The van der Waals surface area contributed by atoms with Crippen molar-refractivity contribution in [2.75, 3.05) is 36.6 Å². The lowest BCUT2D eigenvalue weighted by Gasteiger charge is -2.35. The van der Waals surface area contributed by atoms with Gasteiger partial charge in [-0.05, 0) is 6.92 Å². The van der Waals surface area contributed by atoms with Crippen LogP contribution in [-0.4, -0.2) is 48.2 Å². The fourth-order valence-corrected chi connectivity index (χ4v) is 1.97. The van der Waals surface area contributed by atoms with Crippen LogP contribution in [0.3, 0.4) is 0 Å². The molecule has 0 bridgehead atoms. The number of carbonyl (C=O) groups is 1. The van der Waals surface area contributed by atoms with Gasteiger partial charge < -0.3 is 20.4 Å². The van der Waals surface area contributed by atoms with E-state index in [0.29, 0.717) is 37.9 Å². The van der Waals surface area contributed by atoms with Crippen molar-refractivity contribution in [1.29, 1.82) is 0 Å². The lowest BCUT2D eigenvalue weighted by molar-refractivity contribution is -0.124. The molecule has 1 unspecified atom stereocenters. The summed E-state index contributed by atoms with van der Waals surface area (Å²) in [6.07, 6.45) is 1.41. The number of amides is 1. The molecule has 1 amide bonds. The maximum Gasteiger partial charge on any atom is 0.245 e. The molecule has 0 aromatic carbocycles. The summed E-state index contributed by atoms with van der Waals surface area (Å²) in [5.74, 6) is 6.42. The zero-order valence-corrected chi connectivity index (χ0v) is 10.8. The highest BCUT2D eigenvalue weighted by Gasteiger charge is 2.30. The molecule has 0 saturated carbocycles. The number of nitrogens with zero attached hydrogens (tertiary/aromatic N) is 3. The molecule has 1 aliphatic heterocycles. The van der Waals surface area contributed by atoms with Crippen molar-refractivity contribution in [3.8, 4) is 0 Å². The standard InChI is InChI=1S/C11H18N6O2/c1-2-13-11(18)8-6-19-4-3-17(8)10-5-9(16-12)14-7-15-10/h5,7-8H,2-4,6,12H2,1H3,(H,13,18)(H,14,15,16). The van der Waals surface area contributed by atoms with Gasteiger partial charge in [0.25, 0.3) is 0 Å². The highest BCUT2D eigenvalue weighted by Crippen LogP contribution is 2.19. The highest BCUT2D eigenvalue weighted by atomic mass is 16.5. The molecular formula is C11H18N6O2. The Balaban J connectivity index is 2.20. The van der Waals surface area contributed by atoms with Crippen molar-refractivity contribution >= 4 is 17.5 Å². The lowest BCUT2D eigenvalue weighted by atomic mass is 10.2. The van der Waals surface area contributed by atoms with E-state index in [9.17, 15) is 4.79 Å². The van der Waals surface area contributed by atoms with E-state index in [1.54, 1.807) is 6.07 Å². The van der Waals surface area contributed by atoms with Crippen LogP contribution in [-0.2, 0) is 9.53 Å². The Morgan fingerprint density at radius 2 is 2.47 bits per heavy atom. The first-order chi connectivity index (χ1) is 9.26. The Labute approximate surface area is 111 Å². The molecule has 0 radical (unpaired) electrons. The lowest BCUT2D eigenvalue weighted by Crippen LogP contribution is -2.54. The van der Waals surface area contributed by atoms with Gasteiger partial charge in [0.15, 0.2) is 0 Å². The Kier molecular flexibility index (Phi) is 4.48. The highest BCUT2D eigenvalue weighted by molar-refractivity contribution is 5.85. The second-order valence-corrected chi connectivity index (χ2v) is 4.08. The number of hydrazine groups is 1. The summed E-state index contributed by atoms with van der Waals surface area (Å²) in [6, 6.07) is 1.33. The molecule has 104 valence electrons. The number of carbonyl (C=O) groups excluding carboxylic acids is 1. The second kappa shape index (κ2) is 6.30. The van der Waals surface area contributed by atoms with Crippen molar-refractivity contribution in [3.63, 3.8) is 0 Å². The normalized spacial score (nSPS) is 19.1. The molecule has 1 aromatic rings. The molecule has 2 heterocycles. The predicted octanol–water partition coefficient (Wildman–Crippen LogP) is -0.896. The topological polar surface area (TPSA) is 105 Å². The van der Waals surface area contributed by atoms with Crippen molar-refractivity contribution in [2.24, 2.45) is 5.84 Å². The maximum absolute atomic E-state index is 12.0. The minimum atomic E-state index is -0.380. The van der Waals surface area contributed by atoms with E-state index in [1.165, 1.54) is 6.33 Å². The van der Waals surface area contributed by atoms with Gasteiger partial charge in [-0.3, -0.25) is 4.79 Å². The van der Waals surface area contributed by atoms with Crippen molar-refractivity contribution in [1.82, 2.24) is 15.3 Å². The van der Waals surface area contributed by atoms with Gasteiger partial charge in [-0.1, -0.05) is 0 Å². The number of hydrogen-bond donors (Lipinski definition) is 3. The smallest absolute Gasteiger partial charge is 0.245 e. The summed E-state index contributed by atoms with van der Waals surface area (Å²) >= 11 is 0. The first-order valence-corrected chi connectivity index (χ1v) is 6.17. The molecule has 1 saturated heterocycles. The minimum absolute atomic E-state index is 0.0666. The van der Waals surface area contributed by atoms with Crippen LogP contribution in [0.2, 0.25) is 0 Å². The average Bonchev–Trinajstić information content (AvgIpc) is 2.47. The monoisotopic (exact) mass is 266 g/mol. The van der Waals surface area contributed by atoms with Crippen molar-refractivity contribution in [3.05, 3.63) is 12.4 Å². The van der Waals surface area contributed by atoms with Gasteiger partial charge in [0.2, 0.25) is 5.91 Å². The third kappa shape index (κ3) is 3.09. The van der Waals surface area contributed by atoms with Gasteiger partial charge in [-0.25, -0.2) is 15.8 Å². The number of anilines is 2. The minimum Gasteiger partial charge on any atom is -0.377 e. The van der Waals surface area contributed by atoms with E-state index < -0.39 is 0 Å². The predicted molar refractivity (Wildman–Crippen MR) is 70.5 cm³/mol. The molecule has 19 heavy (non-hydrogen) atoms. The number of nitrogens with two attached hydrogens (primary N) is 1. The Morgan fingerprint density at radius 1 is 1.63 bits per heavy atom. The first kappa shape index (κ1) is 13.5. The Bertz CT molecular complexity index is 441. The summed E-state index contributed by atoms with van der Waals surface area (Å²) in [7, 11) is 0. The van der Waals surface area contributed by atoms with Gasteiger partial charge in [-0.2, -0.15) is 0 Å². The van der Waals surface area contributed by atoms with E-state index in [-0.39, 0.29) is 11.9 Å². The molecule has 1 atom stereocenters. The van der Waals surface area contributed by atoms with Gasteiger partial charge in [0, 0.05) is 19.2 Å². The van der Waals surface area contributed by atoms with Crippen LogP contribution in [0.15, 0.2) is 12.4 Å². The maximum atomic E-state index is 12.0. The number of ether oxygens (including phenoxy) is 1. The molecule has 1 fully saturated rings. The molecule has 1 aromatic heterocycles. The van der Waals surface area contributed by atoms with Gasteiger partial charge in [0.05, 0.1) is 13.2 Å². The SMILES string of the molecule is CCNC(=O)C1COCCN1c1cc(NN)ncn1. The second-order valence-electron chi connectivity index (χ2n) is 4.08. The zero-order valence-electron chi connectivity index (χ0n) is 10.8. The molecular weight excluding hydrogens is 248 g/mol. The van der Waals surface area contributed by atoms with E-state index in [1.807, 2.05) is 11.8 Å². The Hall–Kier alpha value is -1.93. The average molecular weight is 266 g/mol. The fraction of sp³-hybridized carbons (Fsp3) is 0.545. The number of hydrogen-bond acceptors (Lipinski definition) is 7. The number of rotatable bonds is 4. The molecule has 4 N–H and O–H groups in total. The van der Waals surface area contributed by atoms with Crippen molar-refractivity contribution < 1.29 is 9.53 Å². The van der Waals surface area contributed by atoms with E-state index in [0.717, 1.165) is 0 Å². The van der Waals surface area contributed by atoms with Crippen LogP contribution in [0, 0.1) is 0 Å². The molecule has 1 aliphatic rings. The summed E-state index contributed by atoms with van der Waals surface area (Å²) in [4.78, 5) is 22.1. The number of nitrogen functional groups attached to an aromatic ring is 1. The number of aromatic nitrogens is 2. The van der Waals surface area contributed by atoms with Crippen LogP contribution >= 0.6 is 0 Å². The molecule has 8 nitrogen and oxygen atoms in total. The molecule has 0 spiro atoms. The van der Waals surface area contributed by atoms with Crippen LogP contribution < -0.4 is 21.5 Å². The summed E-state index contributed by atoms with van der Waals surface area (Å²) in [5, 5.41) is 2.80. The zero-order chi connectivity index (χ0) is 13.7. The van der Waals surface area contributed by atoms with Crippen LogP contribution in [0.1, 0.15) is 6.92 Å². The Morgan fingerprint density at radius 3 is 3.21 bits per heavy atom. The largest absolute Gasteiger partial charge is 0.377 e. The van der Waals surface area contributed by atoms with Crippen molar-refractivity contribution in [2.45, 2.75) is 13.0 Å². The number of likely N-dealkylation sites (N-methyl/N-ethyl adjacent to an activating group) is 1. The number of morpholine rings is 1. The van der Waals surface area contributed by atoms with Gasteiger partial charge in [-0.15, -0.1) is 0 Å². The number of nitrogens with one attached hydrogen (secondary N) is 2. The van der Waals surface area contributed by atoms with E-state index in [2.05, 4.69) is 20.7 Å². The third-order valence-electron chi connectivity index (χ3n) is 2.88. The summed E-state index contributed by atoms with van der Waals surface area (Å²) in [5.41, 5.74) is 2.47. The van der Waals surface area contributed by atoms with Crippen LogP contribution in [0.5, 0.6) is 0 Å². The molecule has 0 aliphatic carbocycles. The summed E-state index contributed by atoms with van der Waals surface area (Å²) in [6.45, 7) is 3.98. The van der Waals surface area contributed by atoms with Crippen LogP contribution in [0.4, 0.5) is 11.6 Å². The van der Waals surface area contributed by atoms with E-state index >= 15 is 0 Å². The molecule has 8 heteroatoms.